The number of hydrogen-bond donors (Lipinski definition) is 0. The molecule has 21 heavy (non-hydrogen) atoms. The number of rotatable bonds is 4. The lowest BCUT2D eigenvalue weighted by Crippen LogP contribution is -1.93. The van der Waals surface area contributed by atoms with Gasteiger partial charge in [-0.25, -0.2) is 0 Å². The molecule has 8 nitrogen and oxygen atoms in total. The van der Waals surface area contributed by atoms with Crippen LogP contribution in [0.4, 0.5) is 11.4 Å². The van der Waals surface area contributed by atoms with E-state index in [1.54, 1.807) is 6.07 Å². The predicted octanol–water partition coefficient (Wildman–Crippen LogP) is 3.17. The van der Waals surface area contributed by atoms with Gasteiger partial charge in [0.1, 0.15) is 23.1 Å². The number of ether oxygens (including phenoxy) is 1. The minimum Gasteiger partial charge on any atom is -0.457 e. The number of nitro benzene ring substituents is 2. The van der Waals surface area contributed by atoms with Crippen LogP contribution >= 0.6 is 0 Å². The minimum atomic E-state index is -0.659. The fraction of sp³-hybridized carbons (Fsp3) is 0. The topological polar surface area (TPSA) is 119 Å². The molecule has 0 atom stereocenters. The summed E-state index contributed by atoms with van der Waals surface area (Å²) in [5.74, 6) is 0.546. The molecule has 104 valence electrons. The third kappa shape index (κ3) is 3.10. The zero-order valence-electron chi connectivity index (χ0n) is 10.4. The van der Waals surface area contributed by atoms with Crippen LogP contribution in [0.3, 0.4) is 0 Å². The second-order valence-electron chi connectivity index (χ2n) is 3.90. The summed E-state index contributed by atoms with van der Waals surface area (Å²) in [5.41, 5.74) is -0.517. The van der Waals surface area contributed by atoms with Crippen LogP contribution in [0.1, 0.15) is 5.56 Å². The first kappa shape index (κ1) is 14.0. The first-order valence-electron chi connectivity index (χ1n) is 5.62. The smallest absolute Gasteiger partial charge is 0.287 e. The molecule has 0 fully saturated rings. The number of non-ortho nitro benzene ring substituents is 1. The lowest BCUT2D eigenvalue weighted by Gasteiger charge is -2.05. The lowest BCUT2D eigenvalue weighted by molar-refractivity contribution is -0.385. The molecule has 0 aliphatic heterocycles. The highest BCUT2D eigenvalue weighted by Crippen LogP contribution is 2.28. The summed E-state index contributed by atoms with van der Waals surface area (Å²) in [6.45, 7) is 0. The Bertz CT molecular complexity index is 749. The molecule has 0 saturated carbocycles. The largest absolute Gasteiger partial charge is 0.457 e. The molecule has 0 aliphatic rings. The van der Waals surface area contributed by atoms with E-state index in [-0.39, 0.29) is 22.7 Å². The van der Waals surface area contributed by atoms with E-state index in [1.165, 1.54) is 42.5 Å². The minimum absolute atomic E-state index is 0.0798. The molecular formula is C13H7N3O5. The van der Waals surface area contributed by atoms with Crippen molar-refractivity contribution in [3.8, 4) is 17.6 Å². The number of nitro groups is 2. The van der Waals surface area contributed by atoms with E-state index in [0.29, 0.717) is 5.75 Å². The molecule has 0 aliphatic carbocycles. The lowest BCUT2D eigenvalue weighted by atomic mass is 10.2. The van der Waals surface area contributed by atoms with Gasteiger partial charge in [-0.05, 0) is 18.2 Å². The first-order chi connectivity index (χ1) is 10.0. The highest BCUT2D eigenvalue weighted by molar-refractivity contribution is 5.53. The fourth-order valence-electron chi connectivity index (χ4n) is 1.60. The van der Waals surface area contributed by atoms with Crippen LogP contribution in [0.15, 0.2) is 42.5 Å². The molecule has 2 aromatic carbocycles. The molecule has 0 spiro atoms. The number of benzene rings is 2. The average molecular weight is 285 g/mol. The Hall–Kier alpha value is -3.47. The second kappa shape index (κ2) is 5.66. The van der Waals surface area contributed by atoms with Crippen molar-refractivity contribution in [2.45, 2.75) is 0 Å². The Labute approximate surface area is 118 Å². The van der Waals surface area contributed by atoms with Crippen molar-refractivity contribution >= 4 is 11.4 Å². The molecule has 0 unspecified atom stereocenters. The highest BCUT2D eigenvalue weighted by Gasteiger charge is 2.14. The van der Waals surface area contributed by atoms with Crippen LogP contribution < -0.4 is 4.74 Å². The normalized spacial score (nSPS) is 9.67. The zero-order valence-corrected chi connectivity index (χ0v) is 10.4. The summed E-state index contributed by atoms with van der Waals surface area (Å²) < 4.78 is 5.39. The second-order valence-corrected chi connectivity index (χ2v) is 3.90. The summed E-state index contributed by atoms with van der Waals surface area (Å²) in [6.07, 6.45) is 0. The van der Waals surface area contributed by atoms with Gasteiger partial charge in [0.2, 0.25) is 0 Å². The Kier molecular flexibility index (Phi) is 3.76. The van der Waals surface area contributed by atoms with Crippen molar-refractivity contribution in [3.63, 3.8) is 0 Å². The quantitative estimate of drug-likeness (QED) is 0.628. The molecule has 0 saturated heterocycles. The van der Waals surface area contributed by atoms with Crippen molar-refractivity contribution in [1.29, 1.82) is 5.26 Å². The summed E-state index contributed by atoms with van der Waals surface area (Å²) in [7, 11) is 0. The Morgan fingerprint density at radius 1 is 0.952 bits per heavy atom. The predicted molar refractivity (Wildman–Crippen MR) is 71.0 cm³/mol. The molecule has 0 N–H and O–H groups in total. The van der Waals surface area contributed by atoms with Gasteiger partial charge in [0.25, 0.3) is 11.4 Å². The average Bonchev–Trinajstić information content (AvgIpc) is 2.47. The van der Waals surface area contributed by atoms with Crippen LogP contribution in [0, 0.1) is 31.6 Å². The van der Waals surface area contributed by atoms with Gasteiger partial charge in [-0.2, -0.15) is 5.26 Å². The van der Waals surface area contributed by atoms with Crippen molar-refractivity contribution in [3.05, 3.63) is 68.3 Å². The fourth-order valence-corrected chi connectivity index (χ4v) is 1.60. The number of nitriles is 1. The Balaban J connectivity index is 2.26. The first-order valence-corrected chi connectivity index (χ1v) is 5.62. The van der Waals surface area contributed by atoms with E-state index in [0.717, 1.165) is 0 Å². The summed E-state index contributed by atoms with van der Waals surface area (Å²) in [6, 6.07) is 10.8. The van der Waals surface area contributed by atoms with Gasteiger partial charge >= 0.3 is 0 Å². The van der Waals surface area contributed by atoms with Gasteiger partial charge in [0.05, 0.1) is 9.85 Å². The van der Waals surface area contributed by atoms with E-state index in [2.05, 4.69) is 0 Å². The van der Waals surface area contributed by atoms with Crippen LogP contribution in [-0.4, -0.2) is 9.85 Å². The summed E-state index contributed by atoms with van der Waals surface area (Å²) >= 11 is 0. The maximum absolute atomic E-state index is 10.7. The third-order valence-corrected chi connectivity index (χ3v) is 2.57. The molecule has 0 amide bonds. The Morgan fingerprint density at radius 2 is 1.57 bits per heavy atom. The van der Waals surface area contributed by atoms with E-state index < -0.39 is 9.85 Å². The van der Waals surface area contributed by atoms with Crippen molar-refractivity contribution in [2.75, 3.05) is 0 Å². The molecular weight excluding hydrogens is 278 g/mol. The molecule has 0 aromatic heterocycles. The van der Waals surface area contributed by atoms with E-state index in [1.807, 2.05) is 0 Å². The van der Waals surface area contributed by atoms with Crippen LogP contribution in [-0.2, 0) is 0 Å². The van der Waals surface area contributed by atoms with Gasteiger partial charge in [0, 0.05) is 24.3 Å². The van der Waals surface area contributed by atoms with E-state index >= 15 is 0 Å². The van der Waals surface area contributed by atoms with Gasteiger partial charge in [-0.1, -0.05) is 0 Å². The maximum Gasteiger partial charge on any atom is 0.287 e. The van der Waals surface area contributed by atoms with Gasteiger partial charge in [-0.15, -0.1) is 0 Å². The third-order valence-electron chi connectivity index (χ3n) is 2.57. The molecule has 0 heterocycles. The van der Waals surface area contributed by atoms with Crippen LogP contribution in [0.25, 0.3) is 0 Å². The Morgan fingerprint density at radius 3 is 2.10 bits per heavy atom. The van der Waals surface area contributed by atoms with Crippen LogP contribution in [0.5, 0.6) is 11.5 Å². The SMILES string of the molecule is N#Cc1cc(Oc2ccc([N+](=O)[O-])cc2)ccc1[N+](=O)[O-]. The summed E-state index contributed by atoms with van der Waals surface area (Å²) in [5, 5.41) is 30.1. The van der Waals surface area contributed by atoms with E-state index in [4.69, 9.17) is 10.00 Å². The molecule has 2 rings (SSSR count). The van der Waals surface area contributed by atoms with Crippen molar-refractivity contribution in [1.82, 2.24) is 0 Å². The molecule has 0 radical (unpaired) electrons. The standard InChI is InChI=1S/C13H7N3O5/c14-8-9-7-12(5-6-13(9)16(19)20)21-11-3-1-10(2-4-11)15(17)18/h1-7H. The molecule has 0 bridgehead atoms. The monoisotopic (exact) mass is 285 g/mol. The summed E-state index contributed by atoms with van der Waals surface area (Å²) in [4.78, 5) is 20.0. The van der Waals surface area contributed by atoms with Gasteiger partial charge in [-0.3, -0.25) is 20.2 Å². The maximum atomic E-state index is 10.7. The molecule has 8 heteroatoms. The van der Waals surface area contributed by atoms with Gasteiger partial charge in [0.15, 0.2) is 0 Å². The number of hydrogen-bond acceptors (Lipinski definition) is 6. The number of nitrogens with zero attached hydrogens (tertiary/aromatic N) is 3. The molecule has 2 aromatic rings. The highest BCUT2D eigenvalue weighted by atomic mass is 16.6. The van der Waals surface area contributed by atoms with Crippen LogP contribution in [0.2, 0.25) is 0 Å². The van der Waals surface area contributed by atoms with Crippen molar-refractivity contribution < 1.29 is 14.6 Å². The van der Waals surface area contributed by atoms with E-state index in [9.17, 15) is 20.2 Å². The van der Waals surface area contributed by atoms with Crippen molar-refractivity contribution in [2.24, 2.45) is 0 Å². The zero-order chi connectivity index (χ0) is 15.4. The van der Waals surface area contributed by atoms with Gasteiger partial charge < -0.3 is 4.74 Å².